The summed E-state index contributed by atoms with van der Waals surface area (Å²) in [6.07, 6.45) is 17.4. The molecule has 10 heteroatoms. The molecule has 0 heterocycles. The molecule has 0 bridgehead atoms. The molecule has 0 aliphatic rings. The lowest BCUT2D eigenvalue weighted by Crippen LogP contribution is -2.35. The summed E-state index contributed by atoms with van der Waals surface area (Å²) in [5.41, 5.74) is 0. The number of hydrogen-bond donors (Lipinski definition) is 1. The number of rotatable bonds is 13. The number of unbranched alkanes of at least 4 members (excludes halogenated alkanes) is 11. The van der Waals surface area contributed by atoms with Crippen LogP contribution in [0.3, 0.4) is 0 Å². The Kier molecular flexibility index (Phi) is 29.7. The van der Waals surface area contributed by atoms with Crippen LogP contribution in [0.15, 0.2) is 0 Å². The second kappa shape index (κ2) is 24.3. The fraction of sp³-hybridized carbons (Fsp3) is 1.00. The zero-order valence-corrected chi connectivity index (χ0v) is 18.0. The fourth-order valence-corrected chi connectivity index (χ4v) is 2.43. The Morgan fingerprint density at radius 2 is 0.815 bits per heavy atom. The third-order valence-corrected chi connectivity index (χ3v) is 3.68. The normalized spacial score (nSPS) is 9.78. The van der Waals surface area contributed by atoms with Gasteiger partial charge in [-0.2, -0.15) is 0 Å². The second-order valence-corrected chi connectivity index (χ2v) is 7.35. The molecule has 0 fully saturated rings. The van der Waals surface area contributed by atoms with E-state index in [1.54, 1.807) is 0 Å². The van der Waals surface area contributed by atoms with Gasteiger partial charge in [0.25, 0.3) is 0 Å². The van der Waals surface area contributed by atoms with Gasteiger partial charge in [-0.05, 0) is 12.8 Å². The summed E-state index contributed by atoms with van der Waals surface area (Å²) < 4.78 is 1.12. The molecule has 0 amide bonds. The van der Waals surface area contributed by atoms with Gasteiger partial charge in [0.2, 0.25) is 0 Å². The van der Waals surface area contributed by atoms with Crippen LogP contribution >= 0.6 is 0 Å². The van der Waals surface area contributed by atoms with Crippen molar-refractivity contribution in [1.82, 2.24) is 6.15 Å². The Balaban J connectivity index is -0.000000247. The number of quaternary nitrogens is 2. The van der Waals surface area contributed by atoms with Crippen molar-refractivity contribution in [2.24, 2.45) is 0 Å². The molecule has 10 nitrogen and oxygen atoms in total. The predicted molar refractivity (Wildman–Crippen MR) is 111 cm³/mol. The van der Waals surface area contributed by atoms with E-state index < -0.39 is 10.2 Å². The predicted octanol–water partition coefficient (Wildman–Crippen LogP) is 5.29. The van der Waals surface area contributed by atoms with Gasteiger partial charge in [0.05, 0.1) is 37.9 Å². The van der Waals surface area contributed by atoms with Gasteiger partial charge in [-0.25, -0.2) is 0 Å². The molecule has 0 unspecified atom stereocenters. The minimum Gasteiger partial charge on any atom is -0.369 e. The zero-order valence-electron chi connectivity index (χ0n) is 18.0. The van der Waals surface area contributed by atoms with E-state index in [1.807, 2.05) is 0 Å². The van der Waals surface area contributed by atoms with Crippen LogP contribution in [0.4, 0.5) is 0 Å². The maximum atomic E-state index is 8.25. The number of hydrogen-bond acceptors (Lipinski definition) is 6. The third-order valence-electron chi connectivity index (χ3n) is 3.68. The van der Waals surface area contributed by atoms with E-state index in [4.69, 9.17) is 30.6 Å². The summed E-state index contributed by atoms with van der Waals surface area (Å²) >= 11 is 0. The summed E-state index contributed by atoms with van der Waals surface area (Å²) in [5, 5.41) is 29.5. The summed E-state index contributed by atoms with van der Waals surface area (Å²) in [6, 6.07) is 0. The monoisotopic (exact) mass is 398 g/mol. The first-order valence-corrected chi connectivity index (χ1v) is 9.46. The summed E-state index contributed by atoms with van der Waals surface area (Å²) in [4.78, 5) is 16.5. The van der Waals surface area contributed by atoms with E-state index in [0.717, 1.165) is 4.48 Å². The molecule has 27 heavy (non-hydrogen) atoms. The first kappa shape index (κ1) is 32.9. The summed E-state index contributed by atoms with van der Waals surface area (Å²) in [6.45, 7) is 3.62. The summed E-state index contributed by atoms with van der Waals surface area (Å²) in [5.74, 6) is 0. The molecule has 0 aromatic carbocycles. The van der Waals surface area contributed by atoms with Gasteiger partial charge in [0, 0.05) is 0 Å². The van der Waals surface area contributed by atoms with Crippen molar-refractivity contribution in [3.8, 4) is 0 Å². The highest BCUT2D eigenvalue weighted by Gasteiger charge is 2.04. The Hall–Kier alpha value is -1.68. The Bertz CT molecular complexity index is 305. The van der Waals surface area contributed by atoms with Gasteiger partial charge in [0.15, 0.2) is 0 Å². The largest absolute Gasteiger partial charge is 0.369 e. The van der Waals surface area contributed by atoms with Gasteiger partial charge in [-0.3, -0.25) is 0 Å². The van der Waals surface area contributed by atoms with Crippen molar-refractivity contribution in [2.45, 2.75) is 84.0 Å². The summed E-state index contributed by atoms with van der Waals surface area (Å²) in [7, 11) is 6.87. The van der Waals surface area contributed by atoms with Crippen molar-refractivity contribution < 1.29 is 14.7 Å². The van der Waals surface area contributed by atoms with Crippen LogP contribution in [-0.2, 0) is 0 Å². The lowest BCUT2D eigenvalue weighted by Gasteiger charge is -2.23. The molecule has 0 rings (SSSR count). The van der Waals surface area contributed by atoms with Crippen molar-refractivity contribution in [2.75, 3.05) is 27.7 Å². The third kappa shape index (κ3) is 68.3. The van der Waals surface area contributed by atoms with Crippen molar-refractivity contribution in [3.63, 3.8) is 0 Å². The molecule has 0 spiro atoms. The minimum atomic E-state index is -1.75. The highest BCUT2D eigenvalue weighted by molar-refractivity contribution is 4.48. The Morgan fingerprint density at radius 1 is 0.593 bits per heavy atom. The average molecular weight is 399 g/mol. The molecule has 4 N–H and O–H groups in total. The van der Waals surface area contributed by atoms with Crippen LogP contribution < -0.4 is 6.15 Å². The van der Waals surface area contributed by atoms with Crippen LogP contribution in [0.5, 0.6) is 0 Å². The van der Waals surface area contributed by atoms with Crippen molar-refractivity contribution in [3.05, 3.63) is 30.6 Å². The minimum absolute atomic E-state index is 0. The van der Waals surface area contributed by atoms with E-state index in [-0.39, 0.29) is 6.15 Å². The fourth-order valence-electron chi connectivity index (χ4n) is 2.43. The van der Waals surface area contributed by atoms with Crippen LogP contribution in [0.2, 0.25) is 0 Å². The molecule has 0 atom stereocenters. The Labute approximate surface area is 163 Å². The smallest absolute Gasteiger partial charge is 0.0780 e. The van der Waals surface area contributed by atoms with Crippen molar-refractivity contribution >= 4 is 0 Å². The first-order valence-electron chi connectivity index (χ1n) is 9.46. The lowest BCUT2D eigenvalue weighted by molar-refractivity contribution is -0.870. The molecule has 0 aromatic rings. The maximum absolute atomic E-state index is 8.25. The number of nitrogens with zero attached hydrogens (tertiary/aromatic N) is 3. The molecule has 166 valence electrons. The average Bonchev–Trinajstić information content (AvgIpc) is 2.46. The van der Waals surface area contributed by atoms with Crippen LogP contribution in [0, 0.1) is 30.6 Å². The molecule has 0 saturated carbocycles. The van der Waals surface area contributed by atoms with Crippen LogP contribution in [0.25, 0.3) is 0 Å². The molecule has 0 radical (unpaired) electrons. The van der Waals surface area contributed by atoms with Gasteiger partial charge >= 0.3 is 0 Å². The molecular formula is C17H42N4O6. The molecular weight excluding hydrogens is 356 g/mol. The topological polar surface area (TPSA) is 169 Å². The van der Waals surface area contributed by atoms with E-state index in [9.17, 15) is 0 Å². The SMILES string of the molecule is CCCCCCCCCCCCCC[N+](C)(C)C.O=[N+]([O-])[O-].O=[N+]([O-])[O-].[NH4+]. The van der Waals surface area contributed by atoms with E-state index >= 15 is 0 Å². The zero-order chi connectivity index (χ0) is 20.8. The highest BCUT2D eigenvalue weighted by atomic mass is 16.9. The first-order chi connectivity index (χ1) is 12.0. The maximum Gasteiger partial charge on any atom is 0.0780 e. The standard InChI is InChI=1S/C17H38N.2NO3.H3N/c1-5-6-7-8-9-10-11-12-13-14-15-16-17-18(2,3)4;2*2-1(3)4;/h5-17H2,1-4H3;;;1H3/q+1;2*-1;/p+1. The lowest BCUT2D eigenvalue weighted by atomic mass is 10.1. The van der Waals surface area contributed by atoms with Gasteiger partial charge in [-0.15, -0.1) is 0 Å². The van der Waals surface area contributed by atoms with Gasteiger partial charge in [0.1, 0.15) is 0 Å². The molecule has 0 saturated heterocycles. The van der Waals surface area contributed by atoms with Crippen LogP contribution in [0.1, 0.15) is 84.0 Å². The van der Waals surface area contributed by atoms with E-state index in [1.165, 1.54) is 83.6 Å². The molecule has 0 aliphatic carbocycles. The van der Waals surface area contributed by atoms with Crippen molar-refractivity contribution in [1.29, 1.82) is 0 Å². The van der Waals surface area contributed by atoms with Crippen LogP contribution in [-0.4, -0.2) is 42.3 Å². The highest BCUT2D eigenvalue weighted by Crippen LogP contribution is 2.12. The quantitative estimate of drug-likeness (QED) is 0.191. The van der Waals surface area contributed by atoms with Gasteiger partial charge < -0.3 is 41.3 Å². The second-order valence-electron chi connectivity index (χ2n) is 7.35. The Morgan fingerprint density at radius 3 is 1.04 bits per heavy atom. The van der Waals surface area contributed by atoms with Gasteiger partial charge in [-0.1, -0.05) is 71.1 Å². The molecule has 0 aliphatic heterocycles. The molecule has 0 aromatic heterocycles. The van der Waals surface area contributed by atoms with E-state index in [0.29, 0.717) is 0 Å². The van der Waals surface area contributed by atoms with E-state index in [2.05, 4.69) is 28.1 Å².